The van der Waals surface area contributed by atoms with Gasteiger partial charge >= 0.3 is 6.09 Å². The molecule has 1 aliphatic rings. The number of nitrogens with one attached hydrogen (secondary N) is 1. The largest absolute Gasteiger partial charge is 0.444 e. The van der Waals surface area contributed by atoms with Crippen LogP contribution in [0.25, 0.3) is 0 Å². The molecule has 1 saturated heterocycles. The zero-order valence-corrected chi connectivity index (χ0v) is 16.2. The van der Waals surface area contributed by atoms with Crippen LogP contribution in [0.1, 0.15) is 33.6 Å². The molecule has 0 saturated carbocycles. The molecule has 0 aromatic heterocycles. The molecule has 1 aromatic carbocycles. The third-order valence-corrected chi connectivity index (χ3v) is 4.70. The van der Waals surface area contributed by atoms with Crippen LogP contribution in [0.15, 0.2) is 22.7 Å². The maximum Gasteiger partial charge on any atom is 0.410 e. The molecule has 4 nitrogen and oxygen atoms in total. The third kappa shape index (κ3) is 5.88. The van der Waals surface area contributed by atoms with Gasteiger partial charge in [0, 0.05) is 34.8 Å². The Hall–Kier alpha value is -0.940. The van der Waals surface area contributed by atoms with E-state index < -0.39 is 5.60 Å². The van der Waals surface area contributed by atoms with Gasteiger partial charge in [-0.15, -0.1) is 0 Å². The number of rotatable bonds is 3. The van der Waals surface area contributed by atoms with Gasteiger partial charge in [-0.05, 0) is 73.7 Å². The zero-order valence-electron chi connectivity index (χ0n) is 13.9. The number of halogens is 2. The highest BCUT2D eigenvalue weighted by Crippen LogP contribution is 2.27. The lowest BCUT2D eigenvalue weighted by Crippen LogP contribution is -2.42. The van der Waals surface area contributed by atoms with Gasteiger partial charge in [-0.2, -0.15) is 0 Å². The Morgan fingerprint density at radius 2 is 2.04 bits per heavy atom. The Labute approximate surface area is 151 Å². The zero-order chi connectivity index (χ0) is 17.0. The van der Waals surface area contributed by atoms with Gasteiger partial charge in [0.05, 0.1) is 0 Å². The van der Waals surface area contributed by atoms with Gasteiger partial charge in [-0.25, -0.2) is 4.79 Å². The van der Waals surface area contributed by atoms with E-state index in [1.165, 1.54) is 0 Å². The highest BCUT2D eigenvalue weighted by Gasteiger charge is 2.26. The van der Waals surface area contributed by atoms with Gasteiger partial charge in [0.1, 0.15) is 5.60 Å². The van der Waals surface area contributed by atoms with Crippen LogP contribution in [0.2, 0.25) is 5.02 Å². The monoisotopic (exact) mass is 402 g/mol. The minimum atomic E-state index is -0.436. The molecule has 23 heavy (non-hydrogen) atoms. The normalized spacial score (nSPS) is 16.3. The number of amides is 1. The Kier molecular flexibility index (Phi) is 6.20. The molecule has 6 heteroatoms. The first kappa shape index (κ1) is 18.4. The van der Waals surface area contributed by atoms with E-state index in [0.29, 0.717) is 5.92 Å². The number of hydrogen-bond acceptors (Lipinski definition) is 3. The summed E-state index contributed by atoms with van der Waals surface area (Å²) in [6.45, 7) is 8.05. The van der Waals surface area contributed by atoms with E-state index in [9.17, 15) is 4.79 Å². The maximum absolute atomic E-state index is 12.0. The average Bonchev–Trinajstić information content (AvgIpc) is 2.47. The SMILES string of the molecule is CC(C)(C)OC(=O)N1CCC(CNc2cc(Cl)ccc2Br)CC1. The Balaban J connectivity index is 1.79. The highest BCUT2D eigenvalue weighted by molar-refractivity contribution is 9.10. The van der Waals surface area contributed by atoms with Gasteiger partial charge in [-0.1, -0.05) is 11.6 Å². The maximum atomic E-state index is 12.0. The Bertz CT molecular complexity index is 552. The first-order valence-corrected chi connectivity index (χ1v) is 9.08. The van der Waals surface area contributed by atoms with Gasteiger partial charge in [0.25, 0.3) is 0 Å². The number of carbonyl (C=O) groups excluding carboxylic acids is 1. The van der Waals surface area contributed by atoms with Crippen molar-refractivity contribution < 1.29 is 9.53 Å². The van der Waals surface area contributed by atoms with Crippen molar-refractivity contribution in [1.29, 1.82) is 0 Å². The number of hydrogen-bond donors (Lipinski definition) is 1. The average molecular weight is 404 g/mol. The van der Waals surface area contributed by atoms with E-state index in [0.717, 1.165) is 47.7 Å². The number of carbonyl (C=O) groups is 1. The van der Waals surface area contributed by atoms with Crippen LogP contribution in [0.5, 0.6) is 0 Å². The van der Waals surface area contributed by atoms with Gasteiger partial charge < -0.3 is 15.0 Å². The summed E-state index contributed by atoms with van der Waals surface area (Å²) >= 11 is 9.55. The number of benzene rings is 1. The van der Waals surface area contributed by atoms with E-state index >= 15 is 0 Å². The number of nitrogens with zero attached hydrogens (tertiary/aromatic N) is 1. The quantitative estimate of drug-likeness (QED) is 0.757. The van der Waals surface area contributed by atoms with Crippen molar-refractivity contribution in [2.24, 2.45) is 5.92 Å². The van der Waals surface area contributed by atoms with Crippen LogP contribution in [0, 0.1) is 5.92 Å². The predicted octanol–water partition coefficient (Wildman–Crippen LogP) is 5.16. The second kappa shape index (κ2) is 7.75. The molecular formula is C17H24BrClN2O2. The van der Waals surface area contributed by atoms with Gasteiger partial charge in [-0.3, -0.25) is 0 Å². The second-order valence-corrected chi connectivity index (χ2v) is 8.21. The molecule has 1 N–H and O–H groups in total. The van der Waals surface area contributed by atoms with Crippen LogP contribution >= 0.6 is 27.5 Å². The summed E-state index contributed by atoms with van der Waals surface area (Å²) in [6, 6.07) is 5.72. The molecule has 0 bridgehead atoms. The minimum Gasteiger partial charge on any atom is -0.444 e. The molecule has 0 atom stereocenters. The summed E-state index contributed by atoms with van der Waals surface area (Å²) in [5, 5.41) is 4.16. The lowest BCUT2D eigenvalue weighted by atomic mass is 9.97. The summed E-state index contributed by atoms with van der Waals surface area (Å²) in [5.74, 6) is 0.541. The van der Waals surface area contributed by atoms with Crippen molar-refractivity contribution in [3.8, 4) is 0 Å². The van der Waals surface area contributed by atoms with Crippen molar-refractivity contribution in [3.05, 3.63) is 27.7 Å². The molecule has 0 spiro atoms. The molecular weight excluding hydrogens is 380 g/mol. The summed E-state index contributed by atoms with van der Waals surface area (Å²) in [5.41, 5.74) is 0.570. The van der Waals surface area contributed by atoms with Crippen LogP contribution in [-0.2, 0) is 4.74 Å². The lowest BCUT2D eigenvalue weighted by Gasteiger charge is -2.33. The summed E-state index contributed by atoms with van der Waals surface area (Å²) < 4.78 is 6.43. The van der Waals surface area contributed by atoms with E-state index in [1.54, 1.807) is 4.90 Å². The lowest BCUT2D eigenvalue weighted by molar-refractivity contribution is 0.0188. The van der Waals surface area contributed by atoms with E-state index in [2.05, 4.69) is 21.2 Å². The number of anilines is 1. The summed E-state index contributed by atoms with van der Waals surface area (Å²) in [4.78, 5) is 13.9. The van der Waals surface area contributed by atoms with Gasteiger partial charge in [0.2, 0.25) is 0 Å². The predicted molar refractivity (Wildman–Crippen MR) is 98.2 cm³/mol. The first-order valence-electron chi connectivity index (χ1n) is 7.91. The van der Waals surface area contributed by atoms with Crippen molar-refractivity contribution in [2.45, 2.75) is 39.2 Å². The van der Waals surface area contributed by atoms with Crippen LogP contribution < -0.4 is 5.32 Å². The van der Waals surface area contributed by atoms with E-state index in [1.807, 2.05) is 39.0 Å². The molecule has 0 aliphatic carbocycles. The Morgan fingerprint density at radius 3 is 2.65 bits per heavy atom. The number of ether oxygens (including phenoxy) is 1. The highest BCUT2D eigenvalue weighted by atomic mass is 79.9. The van der Waals surface area contributed by atoms with Crippen LogP contribution in [-0.4, -0.2) is 36.2 Å². The molecule has 1 fully saturated rings. The van der Waals surface area contributed by atoms with Crippen molar-refractivity contribution in [3.63, 3.8) is 0 Å². The molecule has 2 rings (SSSR count). The number of likely N-dealkylation sites (tertiary alicyclic amines) is 1. The fourth-order valence-electron chi connectivity index (χ4n) is 2.53. The molecule has 1 aromatic rings. The van der Waals surface area contributed by atoms with E-state index in [-0.39, 0.29) is 6.09 Å². The molecule has 0 unspecified atom stereocenters. The van der Waals surface area contributed by atoms with Crippen LogP contribution in [0.3, 0.4) is 0 Å². The molecule has 1 aliphatic heterocycles. The second-order valence-electron chi connectivity index (χ2n) is 6.92. The Morgan fingerprint density at radius 1 is 1.39 bits per heavy atom. The fourth-order valence-corrected chi connectivity index (χ4v) is 3.09. The van der Waals surface area contributed by atoms with Gasteiger partial charge in [0.15, 0.2) is 0 Å². The van der Waals surface area contributed by atoms with Crippen LogP contribution in [0.4, 0.5) is 10.5 Å². The first-order chi connectivity index (χ1) is 10.7. The minimum absolute atomic E-state index is 0.207. The molecule has 1 heterocycles. The standard InChI is InChI=1S/C17H24BrClN2O2/c1-17(2,3)23-16(22)21-8-6-12(7-9-21)11-20-15-10-13(19)4-5-14(15)18/h4-5,10,12,20H,6-9,11H2,1-3H3. The molecule has 1 amide bonds. The molecule has 0 radical (unpaired) electrons. The third-order valence-electron chi connectivity index (χ3n) is 3.78. The van der Waals surface area contributed by atoms with E-state index in [4.69, 9.17) is 16.3 Å². The molecule has 128 valence electrons. The van der Waals surface area contributed by atoms with Crippen molar-refractivity contribution in [2.75, 3.05) is 25.0 Å². The summed E-state index contributed by atoms with van der Waals surface area (Å²) in [7, 11) is 0. The summed E-state index contributed by atoms with van der Waals surface area (Å²) in [6.07, 6.45) is 1.75. The fraction of sp³-hybridized carbons (Fsp3) is 0.588. The van der Waals surface area contributed by atoms with Crippen molar-refractivity contribution >= 4 is 39.3 Å². The topological polar surface area (TPSA) is 41.6 Å². The van der Waals surface area contributed by atoms with Crippen molar-refractivity contribution in [1.82, 2.24) is 4.90 Å². The smallest absolute Gasteiger partial charge is 0.410 e. The number of piperidine rings is 1.